The van der Waals surface area contributed by atoms with Crippen LogP contribution in [0.1, 0.15) is 11.1 Å². The van der Waals surface area contributed by atoms with Gasteiger partial charge in [-0.2, -0.15) is 0 Å². The lowest BCUT2D eigenvalue weighted by Crippen LogP contribution is -3.11. The van der Waals surface area contributed by atoms with Crippen molar-refractivity contribution in [3.63, 3.8) is 0 Å². The summed E-state index contributed by atoms with van der Waals surface area (Å²) in [6, 6.07) is 21.6. The van der Waals surface area contributed by atoms with Crippen molar-refractivity contribution in [2.45, 2.75) is 18.9 Å². The van der Waals surface area contributed by atoms with E-state index in [9.17, 15) is 0 Å². The number of likely N-dealkylation sites (N-methyl/N-ethyl adjacent to an activating group) is 1. The minimum atomic E-state index is 0.487. The van der Waals surface area contributed by atoms with Gasteiger partial charge in [-0.25, -0.2) is 0 Å². The van der Waals surface area contributed by atoms with Gasteiger partial charge in [0.15, 0.2) is 5.11 Å². The molecule has 0 heterocycles. The summed E-state index contributed by atoms with van der Waals surface area (Å²) in [4.78, 5) is 1.43. The standard InChI is InChI=1S/C20H27N3S/c1-23(2)19(15-18-11-7-4-8-12-18)16-22-20(24)21-14-13-17-9-5-3-6-10-17/h3-12,19H,13-16H2,1-2H3,(H2,21,22,24)/p+1/t19-/m0/s1. The summed E-state index contributed by atoms with van der Waals surface area (Å²) in [5, 5.41) is 7.41. The molecule has 0 spiro atoms. The van der Waals surface area contributed by atoms with E-state index in [1.54, 1.807) is 0 Å². The molecule has 2 rings (SSSR count). The predicted molar refractivity (Wildman–Crippen MR) is 105 cm³/mol. The zero-order chi connectivity index (χ0) is 17.2. The molecule has 0 unspecified atom stereocenters. The largest absolute Gasteiger partial charge is 0.362 e. The first-order valence-electron chi connectivity index (χ1n) is 8.54. The van der Waals surface area contributed by atoms with Crippen LogP contribution in [0.4, 0.5) is 0 Å². The molecule has 2 aromatic rings. The van der Waals surface area contributed by atoms with Crippen LogP contribution < -0.4 is 15.5 Å². The molecule has 2 aromatic carbocycles. The molecule has 0 aromatic heterocycles. The SMILES string of the molecule is C[NH+](C)[C@H](CNC(=S)NCCc1ccccc1)Cc1ccccc1. The lowest BCUT2D eigenvalue weighted by Gasteiger charge is -2.23. The van der Waals surface area contributed by atoms with E-state index >= 15 is 0 Å². The first-order valence-corrected chi connectivity index (χ1v) is 8.95. The minimum absolute atomic E-state index is 0.487. The maximum absolute atomic E-state index is 5.41. The molecule has 3 nitrogen and oxygen atoms in total. The van der Waals surface area contributed by atoms with Gasteiger partial charge in [-0.3, -0.25) is 0 Å². The topological polar surface area (TPSA) is 28.5 Å². The molecule has 0 aliphatic rings. The van der Waals surface area contributed by atoms with Crippen molar-refractivity contribution in [2.24, 2.45) is 0 Å². The van der Waals surface area contributed by atoms with Crippen molar-refractivity contribution in [3.05, 3.63) is 71.8 Å². The predicted octanol–water partition coefficient (Wildman–Crippen LogP) is 1.45. The van der Waals surface area contributed by atoms with Crippen LogP contribution in [0.2, 0.25) is 0 Å². The quantitative estimate of drug-likeness (QED) is 0.634. The highest BCUT2D eigenvalue weighted by molar-refractivity contribution is 7.80. The molecule has 0 amide bonds. The number of hydrogen-bond acceptors (Lipinski definition) is 1. The maximum atomic E-state index is 5.41. The molecule has 24 heavy (non-hydrogen) atoms. The van der Waals surface area contributed by atoms with Crippen LogP contribution in [-0.4, -0.2) is 38.3 Å². The van der Waals surface area contributed by atoms with Crippen molar-refractivity contribution >= 4 is 17.3 Å². The molecule has 128 valence electrons. The minimum Gasteiger partial charge on any atom is -0.362 e. The van der Waals surface area contributed by atoms with Crippen molar-refractivity contribution in [1.29, 1.82) is 0 Å². The summed E-state index contributed by atoms with van der Waals surface area (Å²) in [6.07, 6.45) is 2.03. The molecular formula is C20H28N3S+. The van der Waals surface area contributed by atoms with Gasteiger partial charge in [-0.1, -0.05) is 60.7 Å². The number of benzene rings is 2. The molecule has 3 N–H and O–H groups in total. The van der Waals surface area contributed by atoms with E-state index < -0.39 is 0 Å². The third kappa shape index (κ3) is 6.69. The van der Waals surface area contributed by atoms with Crippen LogP contribution in [0.25, 0.3) is 0 Å². The average molecular weight is 343 g/mol. The number of hydrogen-bond donors (Lipinski definition) is 3. The fraction of sp³-hybridized carbons (Fsp3) is 0.350. The summed E-state index contributed by atoms with van der Waals surface area (Å²) in [6.45, 7) is 1.72. The Balaban J connectivity index is 1.72. The molecule has 0 aliphatic carbocycles. The van der Waals surface area contributed by atoms with Crippen LogP contribution in [0.15, 0.2) is 60.7 Å². The fourth-order valence-electron chi connectivity index (χ4n) is 2.62. The Morgan fingerprint density at radius 1 is 0.917 bits per heavy atom. The van der Waals surface area contributed by atoms with E-state index in [2.05, 4.69) is 79.3 Å². The second-order valence-corrected chi connectivity index (χ2v) is 6.74. The van der Waals surface area contributed by atoms with Gasteiger partial charge in [0.25, 0.3) is 0 Å². The van der Waals surface area contributed by atoms with Gasteiger partial charge in [-0.15, -0.1) is 0 Å². The highest BCUT2D eigenvalue weighted by atomic mass is 32.1. The molecule has 0 fully saturated rings. The Morgan fingerprint density at radius 3 is 2.08 bits per heavy atom. The van der Waals surface area contributed by atoms with Crippen molar-refractivity contribution in [2.75, 3.05) is 27.2 Å². The molecule has 0 radical (unpaired) electrons. The first kappa shape index (κ1) is 18.4. The molecule has 4 heteroatoms. The Morgan fingerprint density at radius 2 is 1.50 bits per heavy atom. The Kier molecular flexibility index (Phi) is 7.72. The molecule has 0 saturated heterocycles. The van der Waals surface area contributed by atoms with Crippen LogP contribution >= 0.6 is 12.2 Å². The lowest BCUT2D eigenvalue weighted by atomic mass is 10.1. The second kappa shape index (κ2) is 10.1. The molecule has 0 bridgehead atoms. The van der Waals surface area contributed by atoms with Crippen LogP contribution in [-0.2, 0) is 12.8 Å². The first-order chi connectivity index (χ1) is 11.6. The maximum Gasteiger partial charge on any atom is 0.166 e. The molecular weight excluding hydrogens is 314 g/mol. The van der Waals surface area contributed by atoms with Crippen molar-refractivity contribution < 1.29 is 4.90 Å². The van der Waals surface area contributed by atoms with E-state index in [1.165, 1.54) is 16.0 Å². The number of nitrogens with one attached hydrogen (secondary N) is 3. The van der Waals surface area contributed by atoms with Gasteiger partial charge in [0.2, 0.25) is 0 Å². The van der Waals surface area contributed by atoms with Gasteiger partial charge in [0.1, 0.15) is 6.04 Å². The number of thiocarbonyl (C=S) groups is 1. The van der Waals surface area contributed by atoms with Gasteiger partial charge >= 0.3 is 0 Å². The molecule has 0 saturated carbocycles. The number of rotatable bonds is 8. The smallest absolute Gasteiger partial charge is 0.166 e. The summed E-state index contributed by atoms with van der Waals surface area (Å²) >= 11 is 5.41. The summed E-state index contributed by atoms with van der Waals surface area (Å²) < 4.78 is 0. The summed E-state index contributed by atoms with van der Waals surface area (Å²) in [5.74, 6) is 0. The van der Waals surface area contributed by atoms with Gasteiger partial charge in [0, 0.05) is 13.0 Å². The molecule has 0 aliphatic heterocycles. The zero-order valence-corrected chi connectivity index (χ0v) is 15.4. The monoisotopic (exact) mass is 342 g/mol. The van der Waals surface area contributed by atoms with E-state index in [4.69, 9.17) is 12.2 Å². The van der Waals surface area contributed by atoms with Gasteiger partial charge < -0.3 is 15.5 Å². The second-order valence-electron chi connectivity index (χ2n) is 6.34. The Hall–Kier alpha value is -1.91. The van der Waals surface area contributed by atoms with Gasteiger partial charge in [0.05, 0.1) is 20.6 Å². The van der Waals surface area contributed by atoms with Crippen LogP contribution in [0.5, 0.6) is 0 Å². The Bertz CT molecular complexity index is 599. The Labute approximate surface area is 151 Å². The van der Waals surface area contributed by atoms with Crippen LogP contribution in [0, 0.1) is 0 Å². The van der Waals surface area contributed by atoms with Crippen molar-refractivity contribution in [1.82, 2.24) is 10.6 Å². The molecule has 1 atom stereocenters. The third-order valence-corrected chi connectivity index (χ3v) is 4.48. The van der Waals surface area contributed by atoms with E-state index in [-0.39, 0.29) is 0 Å². The highest BCUT2D eigenvalue weighted by Crippen LogP contribution is 2.01. The lowest BCUT2D eigenvalue weighted by molar-refractivity contribution is -0.884. The highest BCUT2D eigenvalue weighted by Gasteiger charge is 2.15. The van der Waals surface area contributed by atoms with Crippen LogP contribution in [0.3, 0.4) is 0 Å². The van der Waals surface area contributed by atoms with E-state index in [1.807, 2.05) is 6.07 Å². The van der Waals surface area contributed by atoms with Gasteiger partial charge in [-0.05, 0) is 29.8 Å². The average Bonchev–Trinajstić information content (AvgIpc) is 2.60. The van der Waals surface area contributed by atoms with E-state index in [0.717, 1.165) is 31.0 Å². The normalized spacial score (nSPS) is 12.0. The summed E-state index contributed by atoms with van der Waals surface area (Å²) in [5.41, 5.74) is 2.70. The summed E-state index contributed by atoms with van der Waals surface area (Å²) in [7, 11) is 4.39. The van der Waals surface area contributed by atoms with E-state index in [0.29, 0.717) is 6.04 Å². The number of quaternary nitrogens is 1. The third-order valence-electron chi connectivity index (χ3n) is 4.19. The zero-order valence-electron chi connectivity index (χ0n) is 14.6. The fourth-order valence-corrected chi connectivity index (χ4v) is 2.81. The van der Waals surface area contributed by atoms with Crippen molar-refractivity contribution in [3.8, 4) is 0 Å².